The lowest BCUT2D eigenvalue weighted by atomic mass is 9.93. The summed E-state index contributed by atoms with van der Waals surface area (Å²) in [5.41, 5.74) is -7.67. The van der Waals surface area contributed by atoms with E-state index in [0.717, 1.165) is 29.1 Å². The number of alkyl halides is 7. The first-order valence-corrected chi connectivity index (χ1v) is 13.5. The van der Waals surface area contributed by atoms with Crippen LogP contribution in [0.15, 0.2) is 48.8 Å². The van der Waals surface area contributed by atoms with Gasteiger partial charge in [0, 0.05) is 41.7 Å². The normalized spacial score (nSPS) is 20.8. The molecule has 1 saturated carbocycles. The number of amides is 2. The number of β-amino-alcohol motifs (C(OH)–C–C–N with tert-alkyl or cyclic N) is 1. The highest BCUT2D eigenvalue weighted by Crippen LogP contribution is 2.53. The molecule has 15 heteroatoms. The summed E-state index contributed by atoms with van der Waals surface area (Å²) >= 11 is 0. The molecule has 43 heavy (non-hydrogen) atoms. The van der Waals surface area contributed by atoms with E-state index in [1.807, 2.05) is 0 Å². The Hall–Kier alpha value is -3.93. The van der Waals surface area contributed by atoms with Gasteiger partial charge in [0.15, 0.2) is 6.19 Å². The van der Waals surface area contributed by atoms with Crippen molar-refractivity contribution in [3.8, 4) is 6.19 Å². The van der Waals surface area contributed by atoms with Crippen LogP contribution in [0, 0.1) is 11.5 Å². The second-order valence-electron chi connectivity index (χ2n) is 10.6. The minimum atomic E-state index is -6.35. The summed E-state index contributed by atoms with van der Waals surface area (Å²) in [6.45, 7) is -0.215. The Bertz CT molecular complexity index is 1310. The van der Waals surface area contributed by atoms with Gasteiger partial charge in [0.1, 0.15) is 12.1 Å². The van der Waals surface area contributed by atoms with Crippen LogP contribution in [0.3, 0.4) is 0 Å². The zero-order valence-corrected chi connectivity index (χ0v) is 22.6. The Morgan fingerprint density at radius 1 is 1.02 bits per heavy atom. The molecule has 0 bridgehead atoms. The molecule has 1 aliphatic carbocycles. The van der Waals surface area contributed by atoms with Crippen LogP contribution in [0.2, 0.25) is 0 Å². The molecule has 4 rings (SSSR count). The molecule has 3 atom stereocenters. The van der Waals surface area contributed by atoms with E-state index in [4.69, 9.17) is 0 Å². The van der Waals surface area contributed by atoms with E-state index in [-0.39, 0.29) is 42.4 Å². The number of carbonyl (C=O) groups is 2. The van der Waals surface area contributed by atoms with Gasteiger partial charge in [-0.3, -0.25) is 24.4 Å². The van der Waals surface area contributed by atoms with Crippen molar-refractivity contribution >= 4 is 17.5 Å². The Balaban J connectivity index is 1.84. The fraction of sp³-hybridized carbons (Fsp3) is 0.500. The van der Waals surface area contributed by atoms with Crippen molar-refractivity contribution in [3.63, 3.8) is 0 Å². The molecule has 1 aromatic carbocycles. The van der Waals surface area contributed by atoms with Gasteiger partial charge in [0.25, 0.3) is 5.91 Å². The molecule has 2 aliphatic rings. The van der Waals surface area contributed by atoms with E-state index < -0.39 is 53.6 Å². The zero-order valence-electron chi connectivity index (χ0n) is 22.6. The lowest BCUT2D eigenvalue weighted by Gasteiger charge is -2.36. The average Bonchev–Trinajstić information content (AvgIpc) is 3.35. The molecule has 1 saturated heterocycles. The standard InChI is InChI=1S/C28H28F7N5O3/c29-26(27(30,31)32,28(33,34)35)18-8-10-20(11-9-18)40(25(43)22-13-21(41)15-39(22)16-36)23(17-5-4-12-37-14-17)24(42)38-19-6-2-1-3-7-19/h4-5,8-12,14,19,21-23,41H,1-3,6-7,13,15H2,(H,38,42)/t21-,22-,23?/m1/s1. The van der Waals surface area contributed by atoms with Crippen LogP contribution in [0.1, 0.15) is 55.7 Å². The number of hydrogen-bond acceptors (Lipinski definition) is 6. The first kappa shape index (κ1) is 32.0. The molecule has 232 valence electrons. The van der Waals surface area contributed by atoms with Crippen LogP contribution in [0.4, 0.5) is 36.4 Å². The number of benzene rings is 1. The number of halogens is 7. The third-order valence-electron chi connectivity index (χ3n) is 7.71. The number of aromatic nitrogens is 1. The van der Waals surface area contributed by atoms with Crippen molar-refractivity contribution in [1.29, 1.82) is 5.26 Å². The van der Waals surface area contributed by atoms with Crippen molar-refractivity contribution in [2.75, 3.05) is 11.4 Å². The van der Waals surface area contributed by atoms with Gasteiger partial charge in [-0.15, -0.1) is 0 Å². The molecule has 2 aromatic rings. The highest BCUT2D eigenvalue weighted by Gasteiger charge is 2.73. The Morgan fingerprint density at radius 3 is 2.19 bits per heavy atom. The summed E-state index contributed by atoms with van der Waals surface area (Å²) in [5.74, 6) is -1.64. The van der Waals surface area contributed by atoms with Gasteiger partial charge in [-0.25, -0.2) is 4.39 Å². The molecule has 0 spiro atoms. The van der Waals surface area contributed by atoms with Crippen LogP contribution in [-0.4, -0.2) is 63.9 Å². The van der Waals surface area contributed by atoms with Crippen LogP contribution >= 0.6 is 0 Å². The number of rotatable bonds is 7. The van der Waals surface area contributed by atoms with Gasteiger partial charge in [-0.2, -0.15) is 31.6 Å². The number of aliphatic hydroxyl groups excluding tert-OH is 1. The first-order chi connectivity index (χ1) is 20.2. The Kier molecular flexibility index (Phi) is 9.19. The second kappa shape index (κ2) is 12.4. The largest absolute Gasteiger partial charge is 0.435 e. The molecule has 0 radical (unpaired) electrons. The minimum absolute atomic E-state index is 0.153. The molecule has 2 amide bonds. The zero-order chi connectivity index (χ0) is 31.6. The topological polar surface area (TPSA) is 110 Å². The van der Waals surface area contributed by atoms with Crippen LogP contribution in [-0.2, 0) is 15.3 Å². The summed E-state index contributed by atoms with van der Waals surface area (Å²) in [7, 11) is 0. The molecule has 2 fully saturated rings. The number of nitrogens with one attached hydrogen (secondary N) is 1. The van der Waals surface area contributed by atoms with Gasteiger partial charge in [-0.1, -0.05) is 37.5 Å². The summed E-state index contributed by atoms with van der Waals surface area (Å²) in [4.78, 5) is 33.7. The fourth-order valence-electron chi connectivity index (χ4n) is 5.54. The molecule has 8 nitrogen and oxygen atoms in total. The number of likely N-dealkylation sites (tertiary alicyclic amines) is 1. The van der Waals surface area contributed by atoms with E-state index in [1.165, 1.54) is 24.5 Å². The lowest BCUT2D eigenvalue weighted by Crippen LogP contribution is -2.52. The molecule has 1 aliphatic heterocycles. The number of pyridine rings is 1. The summed E-state index contributed by atoms with van der Waals surface area (Å²) in [6.07, 6.45) is -5.65. The maximum absolute atomic E-state index is 14.8. The Morgan fingerprint density at radius 2 is 1.65 bits per heavy atom. The monoisotopic (exact) mass is 615 g/mol. The van der Waals surface area contributed by atoms with E-state index in [2.05, 4.69) is 10.3 Å². The third kappa shape index (κ3) is 6.39. The first-order valence-electron chi connectivity index (χ1n) is 13.5. The van der Waals surface area contributed by atoms with Crippen molar-refractivity contribution in [3.05, 3.63) is 59.9 Å². The number of carbonyl (C=O) groups excluding carboxylic acids is 2. The van der Waals surface area contributed by atoms with Crippen molar-refractivity contribution in [2.45, 2.75) is 80.8 Å². The van der Waals surface area contributed by atoms with Gasteiger partial charge < -0.3 is 10.4 Å². The van der Waals surface area contributed by atoms with Crippen molar-refractivity contribution in [2.24, 2.45) is 0 Å². The third-order valence-corrected chi connectivity index (χ3v) is 7.71. The minimum Gasteiger partial charge on any atom is -0.391 e. The predicted octanol–water partition coefficient (Wildman–Crippen LogP) is 4.81. The van der Waals surface area contributed by atoms with E-state index in [0.29, 0.717) is 25.0 Å². The average molecular weight is 616 g/mol. The van der Waals surface area contributed by atoms with Gasteiger partial charge in [0.05, 0.1) is 12.6 Å². The van der Waals surface area contributed by atoms with Crippen LogP contribution in [0.25, 0.3) is 0 Å². The molecule has 2 heterocycles. The number of aliphatic hydroxyl groups is 1. The molecular formula is C28H28F7N5O3. The SMILES string of the molecule is N#CN1C[C@H](O)C[C@@H]1C(=O)N(c1ccc(C(F)(C(F)(F)F)C(F)(F)F)cc1)C(C(=O)NC1CCCCC1)c1cccnc1. The number of nitriles is 1. The highest BCUT2D eigenvalue weighted by molar-refractivity contribution is 6.04. The summed E-state index contributed by atoms with van der Waals surface area (Å²) in [5, 5.41) is 22.6. The predicted molar refractivity (Wildman–Crippen MR) is 138 cm³/mol. The Labute approximate surface area is 242 Å². The van der Waals surface area contributed by atoms with E-state index in [9.17, 15) is 50.7 Å². The maximum atomic E-state index is 14.8. The summed E-state index contributed by atoms with van der Waals surface area (Å²) < 4.78 is 95.1. The summed E-state index contributed by atoms with van der Waals surface area (Å²) in [6, 6.07) is 1.68. The quantitative estimate of drug-likeness (QED) is 0.342. The molecule has 1 unspecified atom stereocenters. The van der Waals surface area contributed by atoms with Gasteiger partial charge in [0.2, 0.25) is 5.91 Å². The van der Waals surface area contributed by atoms with Gasteiger partial charge in [-0.05, 0) is 31.0 Å². The van der Waals surface area contributed by atoms with Crippen molar-refractivity contribution in [1.82, 2.24) is 15.2 Å². The lowest BCUT2D eigenvalue weighted by molar-refractivity contribution is -0.348. The molecular weight excluding hydrogens is 587 g/mol. The van der Waals surface area contributed by atoms with Crippen molar-refractivity contribution < 1.29 is 45.4 Å². The van der Waals surface area contributed by atoms with Gasteiger partial charge >= 0.3 is 18.0 Å². The molecule has 1 aromatic heterocycles. The van der Waals surface area contributed by atoms with E-state index in [1.54, 1.807) is 6.19 Å². The smallest absolute Gasteiger partial charge is 0.391 e. The fourth-order valence-corrected chi connectivity index (χ4v) is 5.54. The molecule has 2 N–H and O–H groups in total. The second-order valence-corrected chi connectivity index (χ2v) is 10.6. The van der Waals surface area contributed by atoms with E-state index >= 15 is 0 Å². The number of nitrogens with zero attached hydrogens (tertiary/aromatic N) is 4. The highest BCUT2D eigenvalue weighted by atomic mass is 19.4. The number of hydrogen-bond donors (Lipinski definition) is 2. The van der Waals surface area contributed by atoms with Crippen LogP contribution in [0.5, 0.6) is 0 Å². The number of anilines is 1. The maximum Gasteiger partial charge on any atom is 0.435 e. The van der Waals surface area contributed by atoms with Crippen LogP contribution < -0.4 is 10.2 Å².